The van der Waals surface area contributed by atoms with Gasteiger partial charge in [-0.2, -0.15) is 13.2 Å². The number of nitrogens with one attached hydrogen (secondary N) is 2. The summed E-state index contributed by atoms with van der Waals surface area (Å²) in [6.07, 6.45) is -0.849. The SMILES string of the molecule is O=C(COc1ccc(Cl)c2cccnc12)Nc1ccc(NC(=O)c2ccoc2)cc1C(F)(F)F. The van der Waals surface area contributed by atoms with Gasteiger partial charge in [0.1, 0.15) is 17.5 Å². The lowest BCUT2D eigenvalue weighted by molar-refractivity contribution is -0.137. The molecule has 0 bridgehead atoms. The Labute approximate surface area is 195 Å². The molecular weight excluding hydrogens is 475 g/mol. The molecule has 2 amide bonds. The molecule has 2 heterocycles. The van der Waals surface area contributed by atoms with Crippen LogP contribution in [0.2, 0.25) is 5.02 Å². The van der Waals surface area contributed by atoms with Crippen LogP contribution in [0.25, 0.3) is 10.9 Å². The average Bonchev–Trinajstić information content (AvgIpc) is 3.34. The van der Waals surface area contributed by atoms with Gasteiger partial charge >= 0.3 is 6.18 Å². The van der Waals surface area contributed by atoms with E-state index in [1.54, 1.807) is 18.2 Å². The summed E-state index contributed by atoms with van der Waals surface area (Å²) >= 11 is 6.12. The second kappa shape index (κ2) is 9.44. The molecule has 0 saturated carbocycles. The van der Waals surface area contributed by atoms with Crippen molar-refractivity contribution >= 4 is 45.7 Å². The number of anilines is 2. The molecule has 4 rings (SSSR count). The number of carbonyl (C=O) groups excluding carboxylic acids is 2. The third kappa shape index (κ3) is 5.12. The lowest BCUT2D eigenvalue weighted by atomic mass is 10.1. The molecule has 0 saturated heterocycles. The monoisotopic (exact) mass is 489 g/mol. The van der Waals surface area contributed by atoms with Crippen molar-refractivity contribution in [1.82, 2.24) is 4.98 Å². The van der Waals surface area contributed by atoms with Crippen LogP contribution in [0.4, 0.5) is 24.5 Å². The Morgan fingerprint density at radius 2 is 1.91 bits per heavy atom. The van der Waals surface area contributed by atoms with E-state index in [1.165, 1.54) is 30.7 Å². The first-order chi connectivity index (χ1) is 16.2. The number of amides is 2. The minimum Gasteiger partial charge on any atom is -0.481 e. The fourth-order valence-electron chi connectivity index (χ4n) is 3.12. The number of nitrogens with zero attached hydrogens (tertiary/aromatic N) is 1. The Bertz CT molecular complexity index is 1360. The predicted octanol–water partition coefficient (Wildman–Crippen LogP) is 5.77. The first kappa shape index (κ1) is 23.1. The molecule has 0 unspecified atom stereocenters. The summed E-state index contributed by atoms with van der Waals surface area (Å²) in [6.45, 7) is -0.566. The molecule has 0 aliphatic rings. The number of hydrogen-bond donors (Lipinski definition) is 2. The van der Waals surface area contributed by atoms with E-state index in [0.29, 0.717) is 15.9 Å². The molecule has 2 N–H and O–H groups in total. The van der Waals surface area contributed by atoms with Crippen molar-refractivity contribution in [2.75, 3.05) is 17.2 Å². The van der Waals surface area contributed by atoms with Gasteiger partial charge in [-0.1, -0.05) is 11.6 Å². The highest BCUT2D eigenvalue weighted by Crippen LogP contribution is 2.37. The van der Waals surface area contributed by atoms with Crippen molar-refractivity contribution < 1.29 is 31.9 Å². The van der Waals surface area contributed by atoms with Gasteiger partial charge in [0.15, 0.2) is 6.61 Å². The molecule has 0 aliphatic heterocycles. The first-order valence-electron chi connectivity index (χ1n) is 9.73. The minimum atomic E-state index is -4.80. The molecule has 0 fully saturated rings. The number of hydrogen-bond acceptors (Lipinski definition) is 5. The first-order valence-corrected chi connectivity index (χ1v) is 10.1. The maximum absolute atomic E-state index is 13.6. The van der Waals surface area contributed by atoms with Gasteiger partial charge < -0.3 is 19.8 Å². The van der Waals surface area contributed by atoms with Crippen molar-refractivity contribution in [3.8, 4) is 5.75 Å². The van der Waals surface area contributed by atoms with E-state index in [4.69, 9.17) is 20.8 Å². The van der Waals surface area contributed by atoms with Crippen molar-refractivity contribution in [3.05, 3.63) is 83.4 Å². The smallest absolute Gasteiger partial charge is 0.418 e. The highest BCUT2D eigenvalue weighted by atomic mass is 35.5. The number of benzene rings is 2. The molecule has 7 nitrogen and oxygen atoms in total. The summed E-state index contributed by atoms with van der Waals surface area (Å²) in [5.74, 6) is -1.21. The molecular formula is C23H15ClF3N3O4. The molecule has 11 heteroatoms. The van der Waals surface area contributed by atoms with E-state index >= 15 is 0 Å². The standard InChI is InChI=1S/C23H15ClF3N3O4/c24-17-4-6-19(21-15(17)2-1-8-28-21)34-12-20(31)30-18-5-3-14(10-16(18)23(25,26)27)29-22(32)13-7-9-33-11-13/h1-11H,12H2,(H,29,32)(H,30,31). The number of halogens is 4. The molecule has 34 heavy (non-hydrogen) atoms. The lowest BCUT2D eigenvalue weighted by Crippen LogP contribution is -2.22. The molecule has 0 spiro atoms. The van der Waals surface area contributed by atoms with Crippen LogP contribution in [0, 0.1) is 0 Å². The van der Waals surface area contributed by atoms with Crippen molar-refractivity contribution in [2.24, 2.45) is 0 Å². The Hall–Kier alpha value is -4.05. The number of pyridine rings is 1. The summed E-state index contributed by atoms with van der Waals surface area (Å²) in [7, 11) is 0. The number of aromatic nitrogens is 1. The summed E-state index contributed by atoms with van der Waals surface area (Å²) in [5, 5.41) is 5.59. The molecule has 2 aromatic heterocycles. The predicted molar refractivity (Wildman–Crippen MR) is 119 cm³/mol. The third-order valence-corrected chi connectivity index (χ3v) is 5.01. The molecule has 0 atom stereocenters. The lowest BCUT2D eigenvalue weighted by Gasteiger charge is -2.16. The summed E-state index contributed by atoms with van der Waals surface area (Å²) in [5.41, 5.74) is -1.17. The zero-order chi connectivity index (χ0) is 24.3. The number of carbonyl (C=O) groups is 2. The van der Waals surface area contributed by atoms with E-state index in [1.807, 2.05) is 0 Å². The van der Waals surface area contributed by atoms with Crippen LogP contribution in [0.15, 0.2) is 71.7 Å². The van der Waals surface area contributed by atoms with Gasteiger partial charge in [0.25, 0.3) is 11.8 Å². The second-order valence-corrected chi connectivity index (χ2v) is 7.41. The fourth-order valence-corrected chi connectivity index (χ4v) is 3.34. The Morgan fingerprint density at radius 1 is 1.09 bits per heavy atom. The molecule has 2 aromatic carbocycles. The Morgan fingerprint density at radius 3 is 2.65 bits per heavy atom. The zero-order valence-electron chi connectivity index (χ0n) is 17.2. The van der Waals surface area contributed by atoms with Gasteiger partial charge in [-0.25, -0.2) is 0 Å². The molecule has 174 valence electrons. The fraction of sp³-hybridized carbons (Fsp3) is 0.0870. The van der Waals surface area contributed by atoms with Gasteiger partial charge in [-0.3, -0.25) is 14.6 Å². The number of ether oxygens (including phenoxy) is 1. The van der Waals surface area contributed by atoms with E-state index in [0.717, 1.165) is 18.4 Å². The summed E-state index contributed by atoms with van der Waals surface area (Å²) < 4.78 is 51.1. The van der Waals surface area contributed by atoms with E-state index in [-0.39, 0.29) is 17.0 Å². The second-order valence-electron chi connectivity index (χ2n) is 7.01. The minimum absolute atomic E-state index is 0.105. The van der Waals surface area contributed by atoms with Crippen molar-refractivity contribution in [3.63, 3.8) is 0 Å². The third-order valence-electron chi connectivity index (χ3n) is 4.68. The van der Waals surface area contributed by atoms with Crippen LogP contribution in [0.5, 0.6) is 5.75 Å². The van der Waals surface area contributed by atoms with E-state index in [9.17, 15) is 22.8 Å². The van der Waals surface area contributed by atoms with Gasteiger partial charge in [-0.05, 0) is 48.5 Å². The highest BCUT2D eigenvalue weighted by Gasteiger charge is 2.34. The van der Waals surface area contributed by atoms with Crippen molar-refractivity contribution in [2.45, 2.75) is 6.18 Å². The summed E-state index contributed by atoms with van der Waals surface area (Å²) in [6, 6.07) is 10.9. The summed E-state index contributed by atoms with van der Waals surface area (Å²) in [4.78, 5) is 28.6. The van der Waals surface area contributed by atoms with Crippen LogP contribution in [0.3, 0.4) is 0 Å². The normalized spacial score (nSPS) is 11.3. The van der Waals surface area contributed by atoms with Gasteiger partial charge in [0, 0.05) is 17.3 Å². The van der Waals surface area contributed by atoms with Gasteiger partial charge in [-0.15, -0.1) is 0 Å². The number of alkyl halides is 3. The highest BCUT2D eigenvalue weighted by molar-refractivity contribution is 6.35. The quantitative estimate of drug-likeness (QED) is 0.358. The van der Waals surface area contributed by atoms with E-state index < -0.39 is 35.8 Å². The van der Waals surface area contributed by atoms with Gasteiger partial charge in [0.05, 0.1) is 28.1 Å². The molecule has 4 aromatic rings. The Balaban J connectivity index is 1.49. The maximum atomic E-state index is 13.6. The largest absolute Gasteiger partial charge is 0.481 e. The zero-order valence-corrected chi connectivity index (χ0v) is 17.9. The Kier molecular flexibility index (Phi) is 6.42. The molecule has 0 aliphatic carbocycles. The maximum Gasteiger partial charge on any atom is 0.418 e. The number of fused-ring (bicyclic) bond motifs is 1. The molecule has 0 radical (unpaired) electrons. The van der Waals surface area contributed by atoms with Crippen LogP contribution >= 0.6 is 11.6 Å². The van der Waals surface area contributed by atoms with Crippen LogP contribution in [-0.4, -0.2) is 23.4 Å². The van der Waals surface area contributed by atoms with E-state index in [2.05, 4.69) is 15.6 Å². The van der Waals surface area contributed by atoms with Gasteiger partial charge in [0.2, 0.25) is 0 Å². The number of furan rings is 1. The topological polar surface area (TPSA) is 93.5 Å². The van der Waals surface area contributed by atoms with Crippen LogP contribution < -0.4 is 15.4 Å². The van der Waals surface area contributed by atoms with Crippen molar-refractivity contribution in [1.29, 1.82) is 0 Å². The van der Waals surface area contributed by atoms with Crippen LogP contribution in [0.1, 0.15) is 15.9 Å². The van der Waals surface area contributed by atoms with Crippen LogP contribution in [-0.2, 0) is 11.0 Å². The average molecular weight is 490 g/mol. The number of rotatable bonds is 6.